The highest BCUT2D eigenvalue weighted by molar-refractivity contribution is 5.92. The third kappa shape index (κ3) is 4.63. The number of aliphatic hydroxyl groups is 1. The maximum Gasteiger partial charge on any atom is 0.341 e. The second kappa shape index (κ2) is 9.49. The third-order valence-electron chi connectivity index (χ3n) is 5.12. The van der Waals surface area contributed by atoms with E-state index < -0.39 is 52.8 Å². The van der Waals surface area contributed by atoms with Crippen LogP contribution < -0.4 is 14.9 Å². The van der Waals surface area contributed by atoms with E-state index in [1.54, 1.807) is 13.8 Å². The van der Waals surface area contributed by atoms with Gasteiger partial charge in [0, 0.05) is 18.3 Å². The monoisotopic (exact) mass is 466 g/mol. The molecule has 8 nitrogen and oxygen atoms in total. The first-order valence-electron chi connectivity index (χ1n) is 9.83. The van der Waals surface area contributed by atoms with Crippen LogP contribution in [0.1, 0.15) is 35.8 Å². The summed E-state index contributed by atoms with van der Waals surface area (Å²) in [7, 11) is 1.27. The quantitative estimate of drug-likeness (QED) is 0.524. The van der Waals surface area contributed by atoms with E-state index in [1.807, 2.05) is 0 Å². The van der Waals surface area contributed by atoms with Gasteiger partial charge in [-0.3, -0.25) is 4.79 Å². The summed E-state index contributed by atoms with van der Waals surface area (Å²) in [5.74, 6) is -6.16. The lowest BCUT2D eigenvalue weighted by molar-refractivity contribution is 0.0694. The minimum Gasteiger partial charge on any atom is -0.483 e. The molecule has 0 radical (unpaired) electrons. The molecule has 0 aliphatic rings. The Kier molecular flexibility index (Phi) is 6.92. The number of benzene rings is 1. The van der Waals surface area contributed by atoms with Crippen LogP contribution in [0.4, 0.5) is 13.2 Å². The number of ether oxygens (including phenoxy) is 2. The molecule has 0 bridgehead atoms. The number of aromatic carboxylic acids is 1. The van der Waals surface area contributed by atoms with Gasteiger partial charge in [0.1, 0.15) is 23.6 Å². The minimum absolute atomic E-state index is 0.0532. The Morgan fingerprint density at radius 3 is 2.33 bits per heavy atom. The molecule has 1 atom stereocenters. The Morgan fingerprint density at radius 2 is 1.82 bits per heavy atom. The zero-order valence-corrected chi connectivity index (χ0v) is 17.9. The molecule has 2 aromatic heterocycles. The fourth-order valence-electron chi connectivity index (χ4n) is 3.42. The van der Waals surface area contributed by atoms with Gasteiger partial charge in [-0.2, -0.15) is 4.98 Å². The third-order valence-corrected chi connectivity index (χ3v) is 5.12. The summed E-state index contributed by atoms with van der Waals surface area (Å²) in [5.41, 5.74) is -1.25. The smallest absolute Gasteiger partial charge is 0.341 e. The first kappa shape index (κ1) is 24.1. The summed E-state index contributed by atoms with van der Waals surface area (Å²) in [6.07, 6.45) is 1.11. The van der Waals surface area contributed by atoms with E-state index >= 15 is 0 Å². The summed E-state index contributed by atoms with van der Waals surface area (Å²) < 4.78 is 52.7. The Morgan fingerprint density at radius 1 is 1.18 bits per heavy atom. The number of carboxylic acid groups (broad SMARTS) is 1. The van der Waals surface area contributed by atoms with Crippen molar-refractivity contribution in [1.82, 2.24) is 9.55 Å². The Labute approximate surface area is 185 Å². The fraction of sp³-hybridized carbons (Fsp3) is 0.318. The minimum atomic E-state index is -1.47. The number of nitrogens with zero attached hydrogens (tertiary/aromatic N) is 2. The van der Waals surface area contributed by atoms with Gasteiger partial charge in [-0.15, -0.1) is 0 Å². The van der Waals surface area contributed by atoms with Crippen LogP contribution in [0.25, 0.3) is 11.0 Å². The van der Waals surface area contributed by atoms with Gasteiger partial charge in [0.25, 0.3) is 0 Å². The number of halogens is 3. The van der Waals surface area contributed by atoms with Crippen molar-refractivity contribution in [3.63, 3.8) is 0 Å². The van der Waals surface area contributed by atoms with Crippen LogP contribution in [-0.4, -0.2) is 39.5 Å². The molecule has 0 aliphatic heterocycles. The van der Waals surface area contributed by atoms with Gasteiger partial charge in [-0.05, 0) is 12.0 Å². The van der Waals surface area contributed by atoms with Gasteiger partial charge in [0.05, 0.1) is 30.7 Å². The van der Waals surface area contributed by atoms with Crippen LogP contribution in [0.15, 0.2) is 29.2 Å². The van der Waals surface area contributed by atoms with Gasteiger partial charge < -0.3 is 24.3 Å². The lowest BCUT2D eigenvalue weighted by atomic mass is 10.0. The number of carboxylic acids is 1. The highest BCUT2D eigenvalue weighted by atomic mass is 19.1. The van der Waals surface area contributed by atoms with E-state index in [-0.39, 0.29) is 35.0 Å². The number of carbonyl (C=O) groups is 1. The summed E-state index contributed by atoms with van der Waals surface area (Å²) in [5, 5.41) is 19.2. The van der Waals surface area contributed by atoms with Gasteiger partial charge in [0.15, 0.2) is 17.4 Å². The number of aliphatic hydroxyl groups excluding tert-OH is 1. The van der Waals surface area contributed by atoms with E-state index in [2.05, 4.69) is 4.98 Å². The largest absolute Gasteiger partial charge is 0.483 e. The van der Waals surface area contributed by atoms with Crippen molar-refractivity contribution < 1.29 is 37.7 Å². The summed E-state index contributed by atoms with van der Waals surface area (Å²) in [4.78, 5) is 28.8. The van der Waals surface area contributed by atoms with E-state index in [4.69, 9.17) is 9.47 Å². The molecular formula is C22H21F3N2O6. The molecule has 0 amide bonds. The molecule has 2 heterocycles. The molecule has 0 fully saturated rings. The van der Waals surface area contributed by atoms with Crippen molar-refractivity contribution in [2.75, 3.05) is 13.7 Å². The molecule has 11 heteroatoms. The van der Waals surface area contributed by atoms with E-state index in [9.17, 15) is 33.0 Å². The zero-order chi connectivity index (χ0) is 24.4. The van der Waals surface area contributed by atoms with Crippen molar-refractivity contribution in [2.45, 2.75) is 26.5 Å². The van der Waals surface area contributed by atoms with Crippen molar-refractivity contribution in [1.29, 1.82) is 0 Å². The molecule has 3 aromatic rings. The summed E-state index contributed by atoms with van der Waals surface area (Å²) in [6.45, 7) is 2.73. The predicted molar refractivity (Wildman–Crippen MR) is 111 cm³/mol. The number of rotatable bonds is 8. The van der Waals surface area contributed by atoms with Gasteiger partial charge >= 0.3 is 5.97 Å². The Hall–Kier alpha value is -3.60. The maximum absolute atomic E-state index is 13.9. The number of fused-ring (bicyclic) bond motifs is 1. The highest BCUT2D eigenvalue weighted by Crippen LogP contribution is 2.28. The highest BCUT2D eigenvalue weighted by Gasteiger charge is 2.24. The zero-order valence-electron chi connectivity index (χ0n) is 17.9. The molecule has 0 aliphatic carbocycles. The van der Waals surface area contributed by atoms with Crippen molar-refractivity contribution in [2.24, 2.45) is 5.92 Å². The Bertz CT molecular complexity index is 1250. The van der Waals surface area contributed by atoms with Crippen LogP contribution in [0.2, 0.25) is 0 Å². The van der Waals surface area contributed by atoms with Gasteiger partial charge in [0.2, 0.25) is 11.3 Å². The molecule has 33 heavy (non-hydrogen) atoms. The average molecular weight is 466 g/mol. The molecule has 3 rings (SSSR count). The molecule has 0 saturated heterocycles. The molecule has 0 spiro atoms. The SMILES string of the molecule is COc1nc2c(cc1COc1c(F)cc(F)cc1F)c(=O)c(C(=O)O)cn2C(CO)C(C)C. The number of hydrogen-bond acceptors (Lipinski definition) is 6. The number of aromatic nitrogens is 2. The van der Waals surface area contributed by atoms with Crippen molar-refractivity contribution in [3.8, 4) is 11.6 Å². The molecule has 2 N–H and O–H groups in total. The molecule has 1 aromatic carbocycles. The summed E-state index contributed by atoms with van der Waals surface area (Å²) in [6, 6.07) is 1.55. The number of methoxy groups -OCH3 is 1. The van der Waals surface area contributed by atoms with Gasteiger partial charge in [-0.25, -0.2) is 18.0 Å². The van der Waals surface area contributed by atoms with Crippen LogP contribution in [-0.2, 0) is 6.61 Å². The molecular weight excluding hydrogens is 445 g/mol. The van der Waals surface area contributed by atoms with Gasteiger partial charge in [-0.1, -0.05) is 13.8 Å². The van der Waals surface area contributed by atoms with E-state index in [0.717, 1.165) is 6.20 Å². The van der Waals surface area contributed by atoms with E-state index in [0.29, 0.717) is 12.1 Å². The van der Waals surface area contributed by atoms with Crippen LogP contribution in [0.5, 0.6) is 11.6 Å². The maximum atomic E-state index is 13.9. The predicted octanol–water partition coefficient (Wildman–Crippen LogP) is 3.29. The first-order chi connectivity index (χ1) is 15.6. The summed E-state index contributed by atoms with van der Waals surface area (Å²) >= 11 is 0. The van der Waals surface area contributed by atoms with Crippen LogP contribution >= 0.6 is 0 Å². The Balaban J connectivity index is 2.19. The average Bonchev–Trinajstić information content (AvgIpc) is 2.74. The van der Waals surface area contributed by atoms with Crippen LogP contribution in [0, 0.1) is 23.4 Å². The normalized spacial score (nSPS) is 12.2. The standard InChI is InChI=1S/C22H21F3N2O6/c1-10(2)17(8-28)27-7-14(22(30)31)18(29)13-4-11(21(32-3)26-20(13)27)9-33-19-15(24)5-12(23)6-16(19)25/h4-7,10,17,28H,8-9H2,1-3H3,(H,30,31). The topological polar surface area (TPSA) is 111 Å². The first-order valence-corrected chi connectivity index (χ1v) is 9.83. The second-order valence-electron chi connectivity index (χ2n) is 7.59. The lowest BCUT2D eigenvalue weighted by Gasteiger charge is -2.24. The molecule has 0 saturated carbocycles. The lowest BCUT2D eigenvalue weighted by Crippen LogP contribution is -2.26. The molecule has 1 unspecified atom stereocenters. The fourth-order valence-corrected chi connectivity index (χ4v) is 3.42. The second-order valence-corrected chi connectivity index (χ2v) is 7.59. The van der Waals surface area contributed by atoms with Crippen LogP contribution in [0.3, 0.4) is 0 Å². The number of hydrogen-bond donors (Lipinski definition) is 2. The van der Waals surface area contributed by atoms with Crippen molar-refractivity contribution in [3.05, 3.63) is 63.2 Å². The number of pyridine rings is 2. The van der Waals surface area contributed by atoms with Crippen molar-refractivity contribution >= 4 is 17.0 Å². The molecule has 176 valence electrons. The van der Waals surface area contributed by atoms with E-state index in [1.165, 1.54) is 17.7 Å².